The molecular formula is C13H18ClNO. The minimum Gasteiger partial charge on any atom is -0.349 e. The molecule has 0 saturated heterocycles. The molecule has 88 valence electrons. The molecule has 0 saturated carbocycles. The van der Waals surface area contributed by atoms with Gasteiger partial charge in [-0.25, -0.2) is 0 Å². The lowest BCUT2D eigenvalue weighted by Crippen LogP contribution is -2.31. The maximum Gasteiger partial charge on any atom is 0.223 e. The van der Waals surface area contributed by atoms with Crippen LogP contribution in [0.3, 0.4) is 0 Å². The molecular weight excluding hydrogens is 222 g/mol. The zero-order valence-electron chi connectivity index (χ0n) is 9.96. The van der Waals surface area contributed by atoms with Crippen LogP contribution in [0.4, 0.5) is 0 Å². The van der Waals surface area contributed by atoms with E-state index in [2.05, 4.69) is 5.32 Å². The zero-order valence-corrected chi connectivity index (χ0v) is 10.7. The van der Waals surface area contributed by atoms with Gasteiger partial charge in [-0.15, -0.1) is 0 Å². The summed E-state index contributed by atoms with van der Waals surface area (Å²) in [5.74, 6) is 0.166. The summed E-state index contributed by atoms with van der Waals surface area (Å²) in [4.78, 5) is 11.7. The van der Waals surface area contributed by atoms with E-state index < -0.39 is 0 Å². The highest BCUT2D eigenvalue weighted by molar-refractivity contribution is 6.30. The molecule has 0 spiro atoms. The molecule has 0 aliphatic carbocycles. The van der Waals surface area contributed by atoms with Gasteiger partial charge >= 0.3 is 0 Å². The number of benzene rings is 1. The van der Waals surface area contributed by atoms with Crippen molar-refractivity contribution in [3.05, 3.63) is 34.9 Å². The number of hydrogen-bond acceptors (Lipinski definition) is 1. The van der Waals surface area contributed by atoms with Gasteiger partial charge in [0.15, 0.2) is 0 Å². The van der Waals surface area contributed by atoms with Gasteiger partial charge in [-0.1, -0.05) is 37.6 Å². The van der Waals surface area contributed by atoms with Gasteiger partial charge in [0.25, 0.3) is 0 Å². The highest BCUT2D eigenvalue weighted by Crippen LogP contribution is 2.16. The van der Waals surface area contributed by atoms with Gasteiger partial charge in [0.05, 0.1) is 6.04 Å². The third-order valence-electron chi connectivity index (χ3n) is 2.79. The Morgan fingerprint density at radius 2 is 1.88 bits per heavy atom. The van der Waals surface area contributed by atoms with Crippen molar-refractivity contribution in [1.82, 2.24) is 5.32 Å². The lowest BCUT2D eigenvalue weighted by molar-refractivity contribution is -0.125. The van der Waals surface area contributed by atoms with Crippen LogP contribution in [0.25, 0.3) is 0 Å². The smallest absolute Gasteiger partial charge is 0.223 e. The minimum absolute atomic E-state index is 0.0266. The molecule has 16 heavy (non-hydrogen) atoms. The number of amides is 1. The Hall–Kier alpha value is -1.02. The van der Waals surface area contributed by atoms with Crippen LogP contribution in [0.15, 0.2) is 24.3 Å². The molecule has 1 N–H and O–H groups in total. The molecule has 1 amide bonds. The number of nitrogens with one attached hydrogen (secondary N) is 1. The number of hydrogen-bond donors (Lipinski definition) is 1. The fourth-order valence-electron chi connectivity index (χ4n) is 1.38. The summed E-state index contributed by atoms with van der Waals surface area (Å²) in [7, 11) is 0. The normalized spacial score (nSPS) is 14.2. The van der Waals surface area contributed by atoms with Gasteiger partial charge in [0.1, 0.15) is 0 Å². The number of carbonyl (C=O) groups excluding carboxylic acids is 1. The molecule has 1 aromatic carbocycles. The first-order valence-corrected chi connectivity index (χ1v) is 5.98. The van der Waals surface area contributed by atoms with Gasteiger partial charge in [-0.2, -0.15) is 0 Å². The van der Waals surface area contributed by atoms with Gasteiger partial charge in [-0.05, 0) is 31.0 Å². The lowest BCUT2D eigenvalue weighted by atomic mass is 10.1. The van der Waals surface area contributed by atoms with E-state index >= 15 is 0 Å². The third kappa shape index (κ3) is 3.53. The Morgan fingerprint density at radius 1 is 1.31 bits per heavy atom. The number of halogens is 1. The van der Waals surface area contributed by atoms with Crippen LogP contribution in [0, 0.1) is 5.92 Å². The summed E-state index contributed by atoms with van der Waals surface area (Å²) in [5, 5.41) is 3.70. The van der Waals surface area contributed by atoms with E-state index in [1.165, 1.54) is 0 Å². The van der Waals surface area contributed by atoms with Crippen molar-refractivity contribution in [2.24, 2.45) is 5.92 Å². The van der Waals surface area contributed by atoms with E-state index in [4.69, 9.17) is 11.6 Å². The van der Waals surface area contributed by atoms with Crippen LogP contribution < -0.4 is 5.32 Å². The topological polar surface area (TPSA) is 29.1 Å². The van der Waals surface area contributed by atoms with Gasteiger partial charge in [-0.3, -0.25) is 4.79 Å². The SMILES string of the molecule is CCC(C)C(=O)NC(C)c1ccc(Cl)cc1. The van der Waals surface area contributed by atoms with E-state index in [1.807, 2.05) is 45.0 Å². The molecule has 0 aliphatic heterocycles. The van der Waals surface area contributed by atoms with E-state index in [-0.39, 0.29) is 17.9 Å². The van der Waals surface area contributed by atoms with Crippen LogP contribution in [-0.2, 0) is 4.79 Å². The highest BCUT2D eigenvalue weighted by atomic mass is 35.5. The average Bonchev–Trinajstić information content (AvgIpc) is 2.28. The van der Waals surface area contributed by atoms with Crippen molar-refractivity contribution in [2.75, 3.05) is 0 Å². The van der Waals surface area contributed by atoms with Crippen molar-refractivity contribution in [1.29, 1.82) is 0 Å². The Kier molecular flexibility index (Phi) is 4.81. The zero-order chi connectivity index (χ0) is 12.1. The van der Waals surface area contributed by atoms with Gasteiger partial charge < -0.3 is 5.32 Å². The Morgan fingerprint density at radius 3 is 2.38 bits per heavy atom. The van der Waals surface area contributed by atoms with E-state index in [1.54, 1.807) is 0 Å². The third-order valence-corrected chi connectivity index (χ3v) is 3.04. The van der Waals surface area contributed by atoms with Crippen molar-refractivity contribution < 1.29 is 4.79 Å². The Bertz CT molecular complexity index is 347. The second-order valence-corrected chi connectivity index (χ2v) is 4.53. The lowest BCUT2D eigenvalue weighted by Gasteiger charge is -2.17. The van der Waals surface area contributed by atoms with Crippen LogP contribution in [0.5, 0.6) is 0 Å². The second kappa shape index (κ2) is 5.90. The summed E-state index contributed by atoms with van der Waals surface area (Å²) >= 11 is 5.81. The summed E-state index contributed by atoms with van der Waals surface area (Å²) < 4.78 is 0. The van der Waals surface area contributed by atoms with E-state index in [0.717, 1.165) is 12.0 Å². The molecule has 0 fully saturated rings. The van der Waals surface area contributed by atoms with Crippen molar-refractivity contribution in [3.63, 3.8) is 0 Å². The molecule has 0 aliphatic rings. The molecule has 0 aromatic heterocycles. The quantitative estimate of drug-likeness (QED) is 0.855. The monoisotopic (exact) mass is 239 g/mol. The van der Waals surface area contributed by atoms with Crippen molar-refractivity contribution in [2.45, 2.75) is 33.2 Å². The Balaban J connectivity index is 2.62. The predicted octanol–water partition coefficient (Wildman–Crippen LogP) is 3.56. The first-order chi connectivity index (χ1) is 7.54. The number of rotatable bonds is 4. The first kappa shape index (κ1) is 13.0. The van der Waals surface area contributed by atoms with E-state index in [0.29, 0.717) is 5.02 Å². The average molecular weight is 240 g/mol. The van der Waals surface area contributed by atoms with Gasteiger partial charge in [0.2, 0.25) is 5.91 Å². The molecule has 0 radical (unpaired) electrons. The maximum absolute atomic E-state index is 11.7. The fourth-order valence-corrected chi connectivity index (χ4v) is 1.50. The summed E-state index contributed by atoms with van der Waals surface area (Å²) in [6, 6.07) is 7.57. The molecule has 0 heterocycles. The van der Waals surface area contributed by atoms with Crippen molar-refractivity contribution >= 4 is 17.5 Å². The van der Waals surface area contributed by atoms with Crippen LogP contribution in [-0.4, -0.2) is 5.91 Å². The number of carbonyl (C=O) groups is 1. The van der Waals surface area contributed by atoms with Gasteiger partial charge in [0, 0.05) is 10.9 Å². The molecule has 2 unspecified atom stereocenters. The maximum atomic E-state index is 11.7. The second-order valence-electron chi connectivity index (χ2n) is 4.09. The molecule has 0 bridgehead atoms. The summed E-state index contributed by atoms with van der Waals surface area (Å²) in [5.41, 5.74) is 1.07. The molecule has 1 aromatic rings. The summed E-state index contributed by atoms with van der Waals surface area (Å²) in [6.45, 7) is 5.92. The molecule has 2 atom stereocenters. The fraction of sp³-hybridized carbons (Fsp3) is 0.462. The van der Waals surface area contributed by atoms with Crippen molar-refractivity contribution in [3.8, 4) is 0 Å². The van der Waals surface area contributed by atoms with Crippen LogP contribution in [0.2, 0.25) is 5.02 Å². The highest BCUT2D eigenvalue weighted by Gasteiger charge is 2.14. The molecule has 3 heteroatoms. The summed E-state index contributed by atoms with van der Waals surface area (Å²) in [6.07, 6.45) is 0.860. The van der Waals surface area contributed by atoms with E-state index in [9.17, 15) is 4.79 Å². The Labute approximate surface area is 102 Å². The van der Waals surface area contributed by atoms with Crippen LogP contribution >= 0.6 is 11.6 Å². The van der Waals surface area contributed by atoms with Crippen LogP contribution in [0.1, 0.15) is 38.8 Å². The predicted molar refractivity (Wildman–Crippen MR) is 67.5 cm³/mol. The first-order valence-electron chi connectivity index (χ1n) is 5.60. The largest absolute Gasteiger partial charge is 0.349 e. The standard InChI is InChI=1S/C13H18ClNO/c1-4-9(2)13(16)15-10(3)11-5-7-12(14)8-6-11/h5-10H,4H2,1-3H3,(H,15,16). The minimum atomic E-state index is 0.0266. The molecule has 1 rings (SSSR count). The molecule has 2 nitrogen and oxygen atoms in total.